The normalized spacial score (nSPS) is 10.4. The van der Waals surface area contributed by atoms with Crippen LogP contribution in [0, 0.1) is 0 Å². The Kier molecular flexibility index (Phi) is 2.82. The van der Waals surface area contributed by atoms with Gasteiger partial charge in [-0.1, -0.05) is 0 Å². The standard InChI is InChI=1S/C10H10N2O2S/c13-9-10(14)12-8(5-11-9)2-1-7-3-4-15-6-7/h3-6H,1-2H2,(H,11,13)(H,12,14). The van der Waals surface area contributed by atoms with Crippen molar-refractivity contribution in [2.45, 2.75) is 12.8 Å². The minimum absolute atomic E-state index is 0.585. The summed E-state index contributed by atoms with van der Waals surface area (Å²) >= 11 is 1.65. The zero-order chi connectivity index (χ0) is 10.7. The zero-order valence-electron chi connectivity index (χ0n) is 7.95. The lowest BCUT2D eigenvalue weighted by Crippen LogP contribution is -2.29. The second-order valence-electron chi connectivity index (χ2n) is 3.23. The van der Waals surface area contributed by atoms with E-state index in [1.807, 2.05) is 5.38 Å². The fourth-order valence-corrected chi connectivity index (χ4v) is 2.01. The Morgan fingerprint density at radius 3 is 2.73 bits per heavy atom. The van der Waals surface area contributed by atoms with Gasteiger partial charge in [-0.3, -0.25) is 9.59 Å². The molecule has 15 heavy (non-hydrogen) atoms. The quantitative estimate of drug-likeness (QED) is 0.758. The van der Waals surface area contributed by atoms with Crippen molar-refractivity contribution >= 4 is 11.3 Å². The first-order chi connectivity index (χ1) is 7.25. The van der Waals surface area contributed by atoms with Gasteiger partial charge in [0, 0.05) is 11.9 Å². The van der Waals surface area contributed by atoms with Crippen molar-refractivity contribution in [1.29, 1.82) is 0 Å². The molecule has 0 radical (unpaired) electrons. The lowest BCUT2D eigenvalue weighted by atomic mass is 10.1. The highest BCUT2D eigenvalue weighted by Crippen LogP contribution is 2.08. The lowest BCUT2D eigenvalue weighted by molar-refractivity contribution is 0.879. The molecule has 0 bridgehead atoms. The van der Waals surface area contributed by atoms with Crippen LogP contribution in [0.25, 0.3) is 0 Å². The third kappa shape index (κ3) is 2.44. The van der Waals surface area contributed by atoms with Crippen LogP contribution in [0.15, 0.2) is 32.6 Å². The van der Waals surface area contributed by atoms with Gasteiger partial charge in [0.15, 0.2) is 0 Å². The van der Waals surface area contributed by atoms with Crippen molar-refractivity contribution in [3.05, 3.63) is 55.0 Å². The minimum Gasteiger partial charge on any atom is -0.323 e. The van der Waals surface area contributed by atoms with Crippen molar-refractivity contribution in [2.24, 2.45) is 0 Å². The van der Waals surface area contributed by atoms with E-state index in [0.717, 1.165) is 18.5 Å². The molecule has 0 spiro atoms. The fraction of sp³-hybridized carbons (Fsp3) is 0.200. The fourth-order valence-electron chi connectivity index (χ4n) is 1.31. The summed E-state index contributed by atoms with van der Waals surface area (Å²) in [6.07, 6.45) is 3.14. The largest absolute Gasteiger partial charge is 0.323 e. The topological polar surface area (TPSA) is 65.7 Å². The maximum Gasteiger partial charge on any atom is 0.313 e. The summed E-state index contributed by atoms with van der Waals surface area (Å²) in [5.74, 6) is 0. The van der Waals surface area contributed by atoms with E-state index < -0.39 is 11.1 Å². The van der Waals surface area contributed by atoms with E-state index >= 15 is 0 Å². The summed E-state index contributed by atoms with van der Waals surface area (Å²) in [6, 6.07) is 2.05. The van der Waals surface area contributed by atoms with Gasteiger partial charge in [-0.2, -0.15) is 11.3 Å². The van der Waals surface area contributed by atoms with Gasteiger partial charge < -0.3 is 9.97 Å². The number of hydrogen-bond donors (Lipinski definition) is 2. The first-order valence-corrected chi connectivity index (χ1v) is 5.52. The molecule has 0 aromatic carbocycles. The van der Waals surface area contributed by atoms with Crippen molar-refractivity contribution in [3.63, 3.8) is 0 Å². The second-order valence-corrected chi connectivity index (χ2v) is 4.01. The molecule has 2 N–H and O–H groups in total. The highest BCUT2D eigenvalue weighted by atomic mass is 32.1. The molecule has 2 aromatic heterocycles. The van der Waals surface area contributed by atoms with Crippen LogP contribution < -0.4 is 11.1 Å². The lowest BCUT2D eigenvalue weighted by Gasteiger charge is -1.98. The predicted molar refractivity (Wildman–Crippen MR) is 59.4 cm³/mol. The van der Waals surface area contributed by atoms with Gasteiger partial charge in [0.05, 0.1) is 0 Å². The molecular weight excluding hydrogens is 212 g/mol. The van der Waals surface area contributed by atoms with Gasteiger partial charge in [-0.25, -0.2) is 0 Å². The Labute approximate surface area is 89.6 Å². The van der Waals surface area contributed by atoms with E-state index in [0.29, 0.717) is 0 Å². The predicted octanol–water partition coefficient (Wildman–Crippen LogP) is 0.910. The van der Waals surface area contributed by atoms with E-state index in [1.54, 1.807) is 17.5 Å². The van der Waals surface area contributed by atoms with Crippen LogP contribution in [0.5, 0.6) is 0 Å². The molecule has 2 aromatic rings. The average Bonchev–Trinajstić information content (AvgIpc) is 2.73. The number of aryl methyl sites for hydroxylation is 2. The molecule has 78 valence electrons. The van der Waals surface area contributed by atoms with Gasteiger partial charge >= 0.3 is 11.1 Å². The number of aromatic nitrogens is 2. The molecule has 4 nitrogen and oxygen atoms in total. The number of rotatable bonds is 3. The molecule has 0 unspecified atom stereocenters. The van der Waals surface area contributed by atoms with Crippen LogP contribution in [0.1, 0.15) is 11.3 Å². The van der Waals surface area contributed by atoms with Crippen molar-refractivity contribution < 1.29 is 0 Å². The highest BCUT2D eigenvalue weighted by Gasteiger charge is 1.98. The zero-order valence-corrected chi connectivity index (χ0v) is 8.76. The van der Waals surface area contributed by atoms with Crippen LogP contribution in [0.3, 0.4) is 0 Å². The number of H-pyrrole nitrogens is 2. The Hall–Kier alpha value is -1.62. The Balaban J connectivity index is 2.09. The maximum atomic E-state index is 11.0. The number of thiophene rings is 1. The molecule has 0 aliphatic rings. The van der Waals surface area contributed by atoms with Crippen LogP contribution in [0.2, 0.25) is 0 Å². The highest BCUT2D eigenvalue weighted by molar-refractivity contribution is 7.07. The minimum atomic E-state index is -0.603. The average molecular weight is 222 g/mol. The van der Waals surface area contributed by atoms with Crippen molar-refractivity contribution in [3.8, 4) is 0 Å². The Morgan fingerprint density at radius 1 is 1.20 bits per heavy atom. The molecule has 0 amide bonds. The van der Waals surface area contributed by atoms with Gasteiger partial charge in [0.1, 0.15) is 0 Å². The van der Waals surface area contributed by atoms with E-state index in [9.17, 15) is 9.59 Å². The summed E-state index contributed by atoms with van der Waals surface area (Å²) in [4.78, 5) is 26.8. The van der Waals surface area contributed by atoms with E-state index in [1.165, 1.54) is 5.56 Å². The Morgan fingerprint density at radius 2 is 2.07 bits per heavy atom. The summed E-state index contributed by atoms with van der Waals surface area (Å²) in [6.45, 7) is 0. The van der Waals surface area contributed by atoms with Gasteiger partial charge in [0.25, 0.3) is 0 Å². The Bertz CT molecular complexity index is 539. The van der Waals surface area contributed by atoms with Crippen LogP contribution in [-0.4, -0.2) is 9.97 Å². The molecule has 0 saturated carbocycles. The van der Waals surface area contributed by atoms with Gasteiger partial charge in [0.2, 0.25) is 0 Å². The van der Waals surface area contributed by atoms with Crippen LogP contribution in [0.4, 0.5) is 0 Å². The summed E-state index contributed by atoms with van der Waals surface area (Å²) < 4.78 is 0. The molecule has 2 rings (SSSR count). The molecule has 0 atom stereocenters. The monoisotopic (exact) mass is 222 g/mol. The number of hydrogen-bond acceptors (Lipinski definition) is 3. The maximum absolute atomic E-state index is 11.0. The van der Waals surface area contributed by atoms with Gasteiger partial charge in [-0.05, 0) is 35.2 Å². The third-order valence-electron chi connectivity index (χ3n) is 2.12. The van der Waals surface area contributed by atoms with Gasteiger partial charge in [-0.15, -0.1) is 0 Å². The number of aromatic amines is 2. The molecular formula is C10H10N2O2S. The van der Waals surface area contributed by atoms with E-state index in [2.05, 4.69) is 21.4 Å². The molecule has 0 aliphatic heterocycles. The van der Waals surface area contributed by atoms with E-state index in [-0.39, 0.29) is 0 Å². The summed E-state index contributed by atoms with van der Waals surface area (Å²) in [7, 11) is 0. The molecule has 0 fully saturated rings. The summed E-state index contributed by atoms with van der Waals surface area (Å²) in [5, 5.41) is 4.09. The van der Waals surface area contributed by atoms with Crippen LogP contribution >= 0.6 is 11.3 Å². The smallest absolute Gasteiger partial charge is 0.313 e. The van der Waals surface area contributed by atoms with Crippen molar-refractivity contribution in [1.82, 2.24) is 9.97 Å². The first-order valence-electron chi connectivity index (χ1n) is 4.57. The van der Waals surface area contributed by atoms with Crippen molar-refractivity contribution in [2.75, 3.05) is 0 Å². The third-order valence-corrected chi connectivity index (χ3v) is 2.85. The molecule has 0 saturated heterocycles. The SMILES string of the molecule is O=c1[nH]cc(CCc2ccsc2)[nH]c1=O. The molecule has 2 heterocycles. The molecule has 0 aliphatic carbocycles. The molecule has 5 heteroatoms. The first kappa shape index (κ1) is 9.92. The van der Waals surface area contributed by atoms with Crippen LogP contribution in [-0.2, 0) is 12.8 Å². The summed E-state index contributed by atoms with van der Waals surface area (Å²) in [5.41, 5.74) is 0.810. The van der Waals surface area contributed by atoms with E-state index in [4.69, 9.17) is 0 Å². The number of nitrogens with one attached hydrogen (secondary N) is 2. The second kappa shape index (κ2) is 4.27.